The van der Waals surface area contributed by atoms with Crippen LogP contribution in [0.2, 0.25) is 0 Å². The Morgan fingerprint density at radius 3 is 2.27 bits per heavy atom. The summed E-state index contributed by atoms with van der Waals surface area (Å²) in [5, 5.41) is 6.71. The molecule has 3 aromatic rings. The van der Waals surface area contributed by atoms with Crippen LogP contribution in [0.1, 0.15) is 53.4 Å². The summed E-state index contributed by atoms with van der Waals surface area (Å²) < 4.78 is 39.3. The highest BCUT2D eigenvalue weighted by atomic mass is 32.1. The van der Waals surface area contributed by atoms with Crippen LogP contribution in [0, 0.1) is 0 Å². The van der Waals surface area contributed by atoms with Crippen LogP contribution in [0.25, 0.3) is 0 Å². The van der Waals surface area contributed by atoms with Gasteiger partial charge < -0.3 is 10.2 Å². The van der Waals surface area contributed by atoms with Crippen molar-refractivity contribution in [1.82, 2.24) is 4.90 Å². The standard InChI is InChI=1S/C26H29F3N2OS/c1-25(2,3)20-10-8-19(9-11-20)15-31(24(32)22-16-33-17-23(22)30-4)13-12-18-6-5-7-21(14-18)26(27,28)29/h5-11,14,16-17,30H,12-13,15H2,1-4H3. The maximum Gasteiger partial charge on any atom is 0.416 e. The van der Waals surface area contributed by atoms with E-state index >= 15 is 0 Å². The predicted molar refractivity (Wildman–Crippen MR) is 129 cm³/mol. The average Bonchev–Trinajstić information content (AvgIpc) is 3.24. The Balaban J connectivity index is 1.84. The smallest absolute Gasteiger partial charge is 0.387 e. The van der Waals surface area contributed by atoms with Gasteiger partial charge in [0.25, 0.3) is 5.91 Å². The molecule has 2 aromatic carbocycles. The molecular weight excluding hydrogens is 445 g/mol. The third kappa shape index (κ3) is 6.38. The van der Waals surface area contributed by atoms with Crippen molar-refractivity contribution >= 4 is 22.9 Å². The fourth-order valence-electron chi connectivity index (χ4n) is 3.58. The predicted octanol–water partition coefficient (Wildman–Crippen LogP) is 6.99. The molecule has 176 valence electrons. The first-order chi connectivity index (χ1) is 15.5. The maximum absolute atomic E-state index is 13.4. The maximum atomic E-state index is 13.4. The van der Waals surface area contributed by atoms with E-state index in [1.165, 1.54) is 23.0 Å². The highest BCUT2D eigenvalue weighted by Crippen LogP contribution is 2.30. The molecule has 0 unspecified atom stereocenters. The normalized spacial score (nSPS) is 12.0. The van der Waals surface area contributed by atoms with Crippen molar-refractivity contribution in [3.8, 4) is 0 Å². The molecule has 0 atom stereocenters. The first-order valence-electron chi connectivity index (χ1n) is 10.8. The average molecular weight is 475 g/mol. The SMILES string of the molecule is CNc1cscc1C(=O)N(CCc1cccc(C(F)(F)F)c1)Cc1ccc(C(C)(C)C)cc1. The molecule has 3 rings (SSSR count). The number of nitrogens with zero attached hydrogens (tertiary/aromatic N) is 1. The lowest BCUT2D eigenvalue weighted by Crippen LogP contribution is -2.32. The van der Waals surface area contributed by atoms with E-state index in [-0.39, 0.29) is 11.3 Å². The monoisotopic (exact) mass is 474 g/mol. The van der Waals surface area contributed by atoms with Crippen LogP contribution >= 0.6 is 11.3 Å². The van der Waals surface area contributed by atoms with Crippen LogP contribution in [0.4, 0.5) is 18.9 Å². The van der Waals surface area contributed by atoms with Crippen LogP contribution in [0.5, 0.6) is 0 Å². The number of amides is 1. The van der Waals surface area contributed by atoms with Gasteiger partial charge in [0.1, 0.15) is 0 Å². The zero-order valence-corrected chi connectivity index (χ0v) is 20.1. The van der Waals surface area contributed by atoms with Gasteiger partial charge in [0.05, 0.1) is 16.8 Å². The second-order valence-corrected chi connectivity index (χ2v) is 9.81. The number of carbonyl (C=O) groups is 1. The van der Waals surface area contributed by atoms with Crippen LogP contribution in [-0.2, 0) is 24.6 Å². The summed E-state index contributed by atoms with van der Waals surface area (Å²) >= 11 is 1.43. The van der Waals surface area contributed by atoms with Gasteiger partial charge in [-0.1, -0.05) is 63.2 Å². The van der Waals surface area contributed by atoms with Crippen LogP contribution < -0.4 is 5.32 Å². The molecular formula is C26H29F3N2OS. The molecule has 0 aliphatic heterocycles. The van der Waals surface area contributed by atoms with Gasteiger partial charge in [-0.2, -0.15) is 13.2 Å². The van der Waals surface area contributed by atoms with Crippen LogP contribution in [0.15, 0.2) is 59.3 Å². The first kappa shape index (κ1) is 24.8. The Morgan fingerprint density at radius 1 is 0.970 bits per heavy atom. The summed E-state index contributed by atoms with van der Waals surface area (Å²) in [5.41, 5.74) is 3.38. The largest absolute Gasteiger partial charge is 0.416 e. The highest BCUT2D eigenvalue weighted by molar-refractivity contribution is 7.08. The Labute approximate surface area is 197 Å². The van der Waals surface area contributed by atoms with Gasteiger partial charge in [0.15, 0.2) is 0 Å². The first-order valence-corrected chi connectivity index (χ1v) is 11.7. The van der Waals surface area contributed by atoms with Gasteiger partial charge in [-0.15, -0.1) is 11.3 Å². The number of carbonyl (C=O) groups excluding carboxylic acids is 1. The molecule has 1 amide bonds. The fraction of sp³-hybridized carbons (Fsp3) is 0.346. The van der Waals surface area contributed by atoms with Crippen LogP contribution in [-0.4, -0.2) is 24.4 Å². The Hall–Kier alpha value is -2.80. The minimum absolute atomic E-state index is 0.0237. The molecule has 0 aliphatic rings. The molecule has 3 nitrogen and oxygen atoms in total. The van der Waals surface area contributed by atoms with Gasteiger partial charge in [-0.05, 0) is 34.6 Å². The molecule has 0 saturated carbocycles. The van der Waals surface area contributed by atoms with Gasteiger partial charge in [0.2, 0.25) is 0 Å². The number of anilines is 1. The number of halogens is 3. The molecule has 0 bridgehead atoms. The summed E-state index contributed by atoms with van der Waals surface area (Å²) in [4.78, 5) is 15.1. The van der Waals surface area contributed by atoms with Crippen molar-refractivity contribution < 1.29 is 18.0 Å². The van der Waals surface area contributed by atoms with E-state index in [0.29, 0.717) is 30.6 Å². The second kappa shape index (κ2) is 10.00. The van der Waals surface area contributed by atoms with Gasteiger partial charge >= 0.3 is 6.18 Å². The summed E-state index contributed by atoms with van der Waals surface area (Å²) in [5.74, 6) is -0.146. The number of nitrogens with one attached hydrogen (secondary N) is 1. The third-order valence-electron chi connectivity index (χ3n) is 5.57. The third-order valence-corrected chi connectivity index (χ3v) is 6.31. The molecule has 1 aromatic heterocycles. The minimum atomic E-state index is -4.39. The highest BCUT2D eigenvalue weighted by Gasteiger charge is 2.30. The zero-order chi connectivity index (χ0) is 24.2. The van der Waals surface area contributed by atoms with E-state index in [2.05, 4.69) is 38.2 Å². The molecule has 1 heterocycles. The van der Waals surface area contributed by atoms with Gasteiger partial charge in [-0.25, -0.2) is 0 Å². The van der Waals surface area contributed by atoms with Crippen molar-refractivity contribution in [2.45, 2.75) is 45.3 Å². The van der Waals surface area contributed by atoms with E-state index in [9.17, 15) is 18.0 Å². The van der Waals surface area contributed by atoms with Crippen molar-refractivity contribution in [3.05, 3.63) is 87.1 Å². The Bertz CT molecular complexity index is 1080. The number of benzene rings is 2. The van der Waals surface area contributed by atoms with E-state index in [4.69, 9.17) is 0 Å². The van der Waals surface area contributed by atoms with E-state index in [1.807, 2.05) is 17.5 Å². The van der Waals surface area contributed by atoms with E-state index in [1.54, 1.807) is 23.4 Å². The summed E-state index contributed by atoms with van der Waals surface area (Å²) in [7, 11) is 1.76. The van der Waals surface area contributed by atoms with Crippen LogP contribution in [0.3, 0.4) is 0 Å². The number of alkyl halides is 3. The molecule has 0 fully saturated rings. The summed E-state index contributed by atoms with van der Waals surface area (Å²) in [6, 6.07) is 13.4. The molecule has 33 heavy (non-hydrogen) atoms. The lowest BCUT2D eigenvalue weighted by molar-refractivity contribution is -0.137. The second-order valence-electron chi connectivity index (χ2n) is 9.07. The number of hydrogen-bond donors (Lipinski definition) is 1. The van der Waals surface area contributed by atoms with Crippen molar-refractivity contribution in [2.75, 3.05) is 18.9 Å². The summed E-state index contributed by atoms with van der Waals surface area (Å²) in [6.45, 7) is 7.11. The topological polar surface area (TPSA) is 32.3 Å². The minimum Gasteiger partial charge on any atom is -0.387 e. The quantitative estimate of drug-likeness (QED) is 0.400. The molecule has 0 saturated heterocycles. The van der Waals surface area contributed by atoms with E-state index < -0.39 is 11.7 Å². The van der Waals surface area contributed by atoms with Gasteiger partial charge in [-0.3, -0.25) is 4.79 Å². The van der Waals surface area contributed by atoms with Crippen molar-refractivity contribution in [3.63, 3.8) is 0 Å². The molecule has 7 heteroatoms. The molecule has 0 spiro atoms. The molecule has 1 N–H and O–H groups in total. The lowest BCUT2D eigenvalue weighted by Gasteiger charge is -2.24. The van der Waals surface area contributed by atoms with Crippen molar-refractivity contribution in [1.29, 1.82) is 0 Å². The zero-order valence-electron chi connectivity index (χ0n) is 19.3. The lowest BCUT2D eigenvalue weighted by atomic mass is 9.87. The number of rotatable bonds is 7. The Morgan fingerprint density at radius 2 is 1.67 bits per heavy atom. The number of thiophene rings is 1. The van der Waals surface area contributed by atoms with Gasteiger partial charge in [0, 0.05) is 30.9 Å². The van der Waals surface area contributed by atoms with E-state index in [0.717, 1.165) is 23.4 Å². The Kier molecular flexibility index (Phi) is 7.52. The molecule has 0 aliphatic carbocycles. The fourth-order valence-corrected chi connectivity index (χ4v) is 4.39. The number of hydrogen-bond acceptors (Lipinski definition) is 3. The molecule has 0 radical (unpaired) electrons. The summed E-state index contributed by atoms with van der Waals surface area (Å²) in [6.07, 6.45) is -4.06. The van der Waals surface area contributed by atoms with Crippen molar-refractivity contribution in [2.24, 2.45) is 0 Å².